The van der Waals surface area contributed by atoms with Gasteiger partial charge in [-0.15, -0.1) is 0 Å². The Morgan fingerprint density at radius 2 is 1.76 bits per heavy atom. The number of rotatable bonds is 8. The van der Waals surface area contributed by atoms with Gasteiger partial charge in [-0.3, -0.25) is 25.8 Å². The number of hydrogen-bond acceptors (Lipinski definition) is 7. The van der Waals surface area contributed by atoms with Gasteiger partial charge in [0, 0.05) is 4.47 Å². The van der Waals surface area contributed by atoms with Crippen LogP contribution < -0.4 is 25.6 Å². The molecule has 0 fully saturated rings. The number of benzene rings is 2. The van der Waals surface area contributed by atoms with E-state index in [1.165, 1.54) is 12.1 Å². The van der Waals surface area contributed by atoms with Crippen molar-refractivity contribution < 1.29 is 28.6 Å². The number of ether oxygens (including phenoxy) is 3. The summed E-state index contributed by atoms with van der Waals surface area (Å²) in [6.07, 6.45) is -0.122. The van der Waals surface area contributed by atoms with E-state index >= 15 is 0 Å². The fraction of sp³-hybridized carbons (Fsp3) is 0.273. The minimum Gasteiger partial charge on any atom is -0.490 e. The van der Waals surface area contributed by atoms with Crippen LogP contribution in [0.25, 0.3) is 0 Å². The molecular weight excluding hydrogens is 514 g/mol. The predicted octanol–water partition coefficient (Wildman–Crippen LogP) is 3.13. The molecule has 2 aromatic carbocycles. The summed E-state index contributed by atoms with van der Waals surface area (Å²) in [5, 5.41) is 2.37. The number of carbonyl (C=O) groups is 3. The standard InChI is InChI=1S/C22H24BrN3O6S/c1-4-30-21(29)14-5-8-16(9-6-14)31-12-19(27)25-26-22(33)24-20(28)17-11-15(23)7-10-18(17)32-13(2)3/h5-11,13H,4,12H2,1-3H3,(H,25,27)(H2,24,26,28,33). The Hall–Kier alpha value is -3.18. The number of nitrogens with one attached hydrogen (secondary N) is 3. The molecule has 2 amide bonds. The summed E-state index contributed by atoms with van der Waals surface area (Å²) in [7, 11) is 0. The summed E-state index contributed by atoms with van der Waals surface area (Å²) in [4.78, 5) is 36.2. The molecule has 2 rings (SSSR count). The van der Waals surface area contributed by atoms with Crippen LogP contribution in [-0.4, -0.2) is 42.2 Å². The zero-order valence-electron chi connectivity index (χ0n) is 18.3. The third-order valence-electron chi connectivity index (χ3n) is 3.83. The summed E-state index contributed by atoms with van der Waals surface area (Å²) >= 11 is 8.38. The van der Waals surface area contributed by atoms with Gasteiger partial charge in [-0.1, -0.05) is 15.9 Å². The number of thiocarbonyl (C=S) groups is 1. The highest BCUT2D eigenvalue weighted by atomic mass is 79.9. The maximum atomic E-state index is 12.6. The van der Waals surface area contributed by atoms with Crippen LogP contribution in [0.3, 0.4) is 0 Å². The molecule has 0 bridgehead atoms. The molecule has 0 saturated heterocycles. The van der Waals surface area contributed by atoms with Gasteiger partial charge in [0.1, 0.15) is 11.5 Å². The molecule has 33 heavy (non-hydrogen) atoms. The van der Waals surface area contributed by atoms with E-state index < -0.39 is 17.8 Å². The zero-order valence-corrected chi connectivity index (χ0v) is 20.7. The summed E-state index contributed by atoms with van der Waals surface area (Å²) < 4.78 is 16.6. The largest absolute Gasteiger partial charge is 0.490 e. The normalized spacial score (nSPS) is 10.2. The van der Waals surface area contributed by atoms with Gasteiger partial charge in [0.15, 0.2) is 11.7 Å². The van der Waals surface area contributed by atoms with Gasteiger partial charge in [0.05, 0.1) is 23.8 Å². The van der Waals surface area contributed by atoms with Crippen molar-refractivity contribution in [2.24, 2.45) is 0 Å². The van der Waals surface area contributed by atoms with Crippen LogP contribution in [-0.2, 0) is 9.53 Å². The monoisotopic (exact) mass is 537 g/mol. The average Bonchev–Trinajstić information content (AvgIpc) is 2.77. The SMILES string of the molecule is CCOC(=O)c1ccc(OCC(=O)NNC(=S)NC(=O)c2cc(Br)ccc2OC(C)C)cc1. The van der Waals surface area contributed by atoms with E-state index in [1.807, 2.05) is 13.8 Å². The van der Waals surface area contributed by atoms with Crippen LogP contribution >= 0.6 is 28.1 Å². The van der Waals surface area contributed by atoms with Crippen molar-refractivity contribution in [3.05, 3.63) is 58.1 Å². The molecule has 9 nitrogen and oxygen atoms in total. The first kappa shape index (κ1) is 26.1. The number of hydrazine groups is 1. The van der Waals surface area contributed by atoms with Crippen molar-refractivity contribution in [1.82, 2.24) is 16.2 Å². The van der Waals surface area contributed by atoms with E-state index in [-0.39, 0.29) is 30.0 Å². The minimum absolute atomic E-state index is 0.109. The lowest BCUT2D eigenvalue weighted by Gasteiger charge is -2.15. The van der Waals surface area contributed by atoms with E-state index in [9.17, 15) is 14.4 Å². The van der Waals surface area contributed by atoms with Crippen LogP contribution in [0.15, 0.2) is 46.9 Å². The van der Waals surface area contributed by atoms with Gasteiger partial charge in [-0.2, -0.15) is 0 Å². The Morgan fingerprint density at radius 3 is 2.39 bits per heavy atom. The molecule has 0 saturated carbocycles. The van der Waals surface area contributed by atoms with Crippen molar-refractivity contribution >= 4 is 51.0 Å². The van der Waals surface area contributed by atoms with Gasteiger partial charge < -0.3 is 14.2 Å². The van der Waals surface area contributed by atoms with E-state index in [4.69, 9.17) is 26.4 Å². The lowest BCUT2D eigenvalue weighted by Crippen LogP contribution is -2.49. The van der Waals surface area contributed by atoms with Crippen LogP contribution in [0, 0.1) is 0 Å². The van der Waals surface area contributed by atoms with Crippen molar-refractivity contribution in [3.63, 3.8) is 0 Å². The Labute approximate surface area is 205 Å². The quantitative estimate of drug-likeness (QED) is 0.267. The Morgan fingerprint density at radius 1 is 1.06 bits per heavy atom. The van der Waals surface area contributed by atoms with Crippen molar-refractivity contribution in [2.45, 2.75) is 26.9 Å². The maximum Gasteiger partial charge on any atom is 0.338 e. The molecule has 0 radical (unpaired) electrons. The van der Waals surface area contributed by atoms with E-state index in [0.29, 0.717) is 21.5 Å². The number of hydrogen-bond donors (Lipinski definition) is 3. The number of carbonyl (C=O) groups excluding carboxylic acids is 3. The first-order chi connectivity index (χ1) is 15.7. The molecule has 3 N–H and O–H groups in total. The summed E-state index contributed by atoms with van der Waals surface area (Å²) in [5.74, 6) is -0.683. The van der Waals surface area contributed by atoms with Crippen molar-refractivity contribution in [2.75, 3.05) is 13.2 Å². The van der Waals surface area contributed by atoms with Gasteiger partial charge in [-0.25, -0.2) is 4.79 Å². The maximum absolute atomic E-state index is 12.6. The highest BCUT2D eigenvalue weighted by molar-refractivity contribution is 9.10. The molecule has 0 aliphatic heterocycles. The molecule has 2 aromatic rings. The van der Waals surface area contributed by atoms with E-state index in [2.05, 4.69) is 32.1 Å². The second-order valence-electron chi connectivity index (χ2n) is 6.80. The molecule has 11 heteroatoms. The topological polar surface area (TPSA) is 115 Å². The molecule has 0 heterocycles. The van der Waals surface area contributed by atoms with Gasteiger partial charge in [0.2, 0.25) is 0 Å². The highest BCUT2D eigenvalue weighted by Gasteiger charge is 2.16. The summed E-state index contributed by atoms with van der Waals surface area (Å²) in [6.45, 7) is 5.38. The molecule has 0 atom stereocenters. The second-order valence-corrected chi connectivity index (χ2v) is 8.12. The van der Waals surface area contributed by atoms with Gasteiger partial charge in [0.25, 0.3) is 11.8 Å². The first-order valence-corrected chi connectivity index (χ1v) is 11.2. The molecule has 0 spiro atoms. The number of esters is 1. The molecule has 0 unspecified atom stereocenters. The first-order valence-electron chi connectivity index (χ1n) is 9.96. The van der Waals surface area contributed by atoms with Crippen molar-refractivity contribution in [1.29, 1.82) is 0 Å². The molecular formula is C22H24BrN3O6S. The zero-order chi connectivity index (χ0) is 24.4. The van der Waals surface area contributed by atoms with Crippen molar-refractivity contribution in [3.8, 4) is 11.5 Å². The highest BCUT2D eigenvalue weighted by Crippen LogP contribution is 2.24. The minimum atomic E-state index is -0.535. The predicted molar refractivity (Wildman–Crippen MR) is 129 cm³/mol. The smallest absolute Gasteiger partial charge is 0.338 e. The number of amides is 2. The average molecular weight is 538 g/mol. The molecule has 176 valence electrons. The molecule has 0 aliphatic carbocycles. The Bertz CT molecular complexity index is 1010. The fourth-order valence-electron chi connectivity index (χ4n) is 2.45. The third-order valence-corrected chi connectivity index (χ3v) is 4.52. The fourth-order valence-corrected chi connectivity index (χ4v) is 2.96. The van der Waals surface area contributed by atoms with E-state index in [1.54, 1.807) is 37.3 Å². The lowest BCUT2D eigenvalue weighted by atomic mass is 10.2. The van der Waals surface area contributed by atoms with Gasteiger partial charge >= 0.3 is 5.97 Å². The van der Waals surface area contributed by atoms with Crippen LogP contribution in [0.4, 0.5) is 0 Å². The number of halogens is 1. The van der Waals surface area contributed by atoms with Gasteiger partial charge in [-0.05, 0) is 75.5 Å². The third kappa shape index (κ3) is 8.70. The Kier molecular flexibility index (Phi) is 10.1. The molecule has 0 aliphatic rings. The van der Waals surface area contributed by atoms with Crippen LogP contribution in [0.1, 0.15) is 41.5 Å². The Balaban J connectivity index is 1.81. The lowest BCUT2D eigenvalue weighted by molar-refractivity contribution is -0.123. The molecule has 0 aromatic heterocycles. The second kappa shape index (κ2) is 12.8. The van der Waals surface area contributed by atoms with E-state index in [0.717, 1.165) is 0 Å². The summed E-state index contributed by atoms with van der Waals surface area (Å²) in [6, 6.07) is 11.2. The van der Waals surface area contributed by atoms with Crippen LogP contribution in [0.5, 0.6) is 11.5 Å². The van der Waals surface area contributed by atoms with Crippen LogP contribution in [0.2, 0.25) is 0 Å². The summed E-state index contributed by atoms with van der Waals surface area (Å²) in [5.41, 5.74) is 5.43.